The van der Waals surface area contributed by atoms with Crippen LogP contribution in [0.1, 0.15) is 23.6 Å². The molecule has 0 amide bonds. The van der Waals surface area contributed by atoms with E-state index in [1.54, 1.807) is 0 Å². The molecule has 96 valence electrons. The molecule has 0 aliphatic rings. The number of benzene rings is 1. The zero-order valence-electron chi connectivity index (χ0n) is 8.58. The van der Waals surface area contributed by atoms with Crippen molar-refractivity contribution >= 4 is 12.6 Å². The highest BCUT2D eigenvalue weighted by Crippen LogP contribution is 2.43. The average molecular weight is 274 g/mol. The van der Waals surface area contributed by atoms with Crippen LogP contribution >= 0.6 is 12.6 Å². The van der Waals surface area contributed by atoms with Crippen molar-refractivity contribution in [2.75, 3.05) is 0 Å². The molecular formula is C10H8F6S. The van der Waals surface area contributed by atoms with E-state index < -0.39 is 29.0 Å². The third-order valence-corrected chi connectivity index (χ3v) is 2.43. The Morgan fingerprint density at radius 2 is 1.53 bits per heavy atom. The van der Waals surface area contributed by atoms with Gasteiger partial charge in [-0.3, -0.25) is 0 Å². The molecule has 0 atom stereocenters. The highest BCUT2D eigenvalue weighted by Gasteiger charge is 2.44. The maximum Gasteiger partial charge on any atom is 0.417 e. The predicted molar refractivity (Wildman–Crippen MR) is 53.1 cm³/mol. The highest BCUT2D eigenvalue weighted by molar-refractivity contribution is 7.80. The first-order valence-corrected chi connectivity index (χ1v) is 5.02. The lowest BCUT2D eigenvalue weighted by Gasteiger charge is -2.19. The summed E-state index contributed by atoms with van der Waals surface area (Å²) in [6.45, 7) is 1.36. The predicted octanol–water partition coefficient (Wildman–Crippen LogP) is 4.58. The number of hydrogen-bond donors (Lipinski definition) is 1. The lowest BCUT2D eigenvalue weighted by atomic mass is 9.98. The van der Waals surface area contributed by atoms with Crippen molar-refractivity contribution in [2.45, 2.75) is 30.6 Å². The van der Waals surface area contributed by atoms with E-state index in [0.717, 1.165) is 6.07 Å². The van der Waals surface area contributed by atoms with Crippen molar-refractivity contribution in [1.82, 2.24) is 0 Å². The lowest BCUT2D eigenvalue weighted by molar-refractivity contribution is -0.162. The number of rotatable bonds is 1. The topological polar surface area (TPSA) is 0 Å². The molecule has 1 rings (SSSR count). The number of halogens is 6. The zero-order valence-corrected chi connectivity index (χ0v) is 9.47. The molecule has 0 nitrogen and oxygen atoms in total. The molecule has 0 saturated carbocycles. The van der Waals surface area contributed by atoms with E-state index in [2.05, 4.69) is 12.6 Å². The van der Waals surface area contributed by atoms with Crippen molar-refractivity contribution in [3.8, 4) is 0 Å². The van der Waals surface area contributed by atoms with E-state index in [4.69, 9.17) is 0 Å². The SMILES string of the molecule is CCc1cc(S)cc(C(F)(F)F)c1C(F)(F)F. The monoisotopic (exact) mass is 274 g/mol. The zero-order chi connectivity index (χ0) is 13.4. The first-order chi connectivity index (χ1) is 7.57. The summed E-state index contributed by atoms with van der Waals surface area (Å²) in [5, 5.41) is 0. The van der Waals surface area contributed by atoms with E-state index in [1.165, 1.54) is 6.92 Å². The van der Waals surface area contributed by atoms with Crippen LogP contribution in [0, 0.1) is 0 Å². The summed E-state index contributed by atoms with van der Waals surface area (Å²) in [7, 11) is 0. The smallest absolute Gasteiger partial charge is 0.166 e. The average Bonchev–Trinajstić information content (AvgIpc) is 2.12. The number of hydrogen-bond acceptors (Lipinski definition) is 1. The molecule has 0 aromatic heterocycles. The van der Waals surface area contributed by atoms with Crippen LogP contribution in [-0.2, 0) is 18.8 Å². The fraction of sp³-hybridized carbons (Fsp3) is 0.400. The summed E-state index contributed by atoms with van der Waals surface area (Å²) < 4.78 is 75.5. The standard InChI is InChI=1S/C10H8F6S/c1-2-5-3-6(17)4-7(9(11,12)13)8(5)10(14,15)16/h3-4,17H,2H2,1H3. The van der Waals surface area contributed by atoms with Crippen LogP contribution in [0.5, 0.6) is 0 Å². The van der Waals surface area contributed by atoms with Crippen LogP contribution in [0.2, 0.25) is 0 Å². The van der Waals surface area contributed by atoms with E-state index in [0.29, 0.717) is 6.07 Å². The van der Waals surface area contributed by atoms with Crippen LogP contribution in [0.4, 0.5) is 26.3 Å². The molecule has 0 heterocycles. The summed E-state index contributed by atoms with van der Waals surface area (Å²) in [6, 6.07) is 1.40. The molecule has 7 heteroatoms. The number of alkyl halides is 6. The van der Waals surface area contributed by atoms with Gasteiger partial charge in [0.25, 0.3) is 0 Å². The van der Waals surface area contributed by atoms with Gasteiger partial charge in [-0.05, 0) is 24.1 Å². The largest absolute Gasteiger partial charge is 0.417 e. The third kappa shape index (κ3) is 3.08. The molecule has 0 aliphatic heterocycles. The van der Waals surface area contributed by atoms with Crippen molar-refractivity contribution in [3.05, 3.63) is 28.8 Å². The molecule has 0 N–H and O–H groups in total. The Morgan fingerprint density at radius 3 is 1.88 bits per heavy atom. The van der Waals surface area contributed by atoms with Gasteiger partial charge in [-0.25, -0.2) is 0 Å². The Balaban J connectivity index is 3.63. The van der Waals surface area contributed by atoms with Gasteiger partial charge in [0.1, 0.15) is 0 Å². The van der Waals surface area contributed by atoms with Gasteiger partial charge < -0.3 is 0 Å². The first kappa shape index (κ1) is 14.2. The summed E-state index contributed by atoms with van der Waals surface area (Å²) in [5.41, 5.74) is -3.71. The van der Waals surface area contributed by atoms with Gasteiger partial charge in [-0.15, -0.1) is 12.6 Å². The van der Waals surface area contributed by atoms with Crippen molar-refractivity contribution < 1.29 is 26.3 Å². The Morgan fingerprint density at radius 1 is 1.00 bits per heavy atom. The van der Waals surface area contributed by atoms with E-state index in [1.807, 2.05) is 0 Å². The summed E-state index contributed by atoms with van der Waals surface area (Å²) in [6.07, 6.45) is -10.2. The van der Waals surface area contributed by atoms with Crippen molar-refractivity contribution in [2.24, 2.45) is 0 Å². The summed E-state index contributed by atoms with van der Waals surface area (Å²) >= 11 is 3.69. The maximum absolute atomic E-state index is 12.6. The minimum absolute atomic E-state index is 0.137. The fourth-order valence-electron chi connectivity index (χ4n) is 1.52. The second kappa shape index (κ2) is 4.44. The molecule has 0 unspecified atom stereocenters. The Kier molecular flexibility index (Phi) is 3.71. The Bertz CT molecular complexity index is 418. The van der Waals surface area contributed by atoms with Gasteiger partial charge in [-0.1, -0.05) is 6.92 Å². The fourth-order valence-corrected chi connectivity index (χ4v) is 1.81. The molecule has 0 fully saturated rings. The van der Waals surface area contributed by atoms with Gasteiger partial charge in [0, 0.05) is 4.90 Å². The van der Waals surface area contributed by atoms with E-state index in [9.17, 15) is 26.3 Å². The van der Waals surface area contributed by atoms with Crippen molar-refractivity contribution in [1.29, 1.82) is 0 Å². The maximum atomic E-state index is 12.6. The highest BCUT2D eigenvalue weighted by atomic mass is 32.1. The number of aryl methyl sites for hydroxylation is 1. The van der Waals surface area contributed by atoms with Crippen LogP contribution in [-0.4, -0.2) is 0 Å². The molecule has 1 aromatic rings. The van der Waals surface area contributed by atoms with Gasteiger partial charge in [-0.2, -0.15) is 26.3 Å². The molecule has 0 radical (unpaired) electrons. The van der Waals surface area contributed by atoms with E-state index in [-0.39, 0.29) is 11.3 Å². The van der Waals surface area contributed by atoms with E-state index >= 15 is 0 Å². The molecule has 1 aromatic carbocycles. The van der Waals surface area contributed by atoms with Crippen molar-refractivity contribution in [3.63, 3.8) is 0 Å². The lowest BCUT2D eigenvalue weighted by Crippen LogP contribution is -2.19. The second-order valence-electron chi connectivity index (χ2n) is 3.38. The first-order valence-electron chi connectivity index (χ1n) is 4.57. The van der Waals surface area contributed by atoms with Gasteiger partial charge >= 0.3 is 12.4 Å². The normalized spacial score (nSPS) is 12.9. The minimum atomic E-state index is -5.05. The second-order valence-corrected chi connectivity index (χ2v) is 3.89. The number of thiol groups is 1. The quantitative estimate of drug-likeness (QED) is 0.562. The van der Waals surface area contributed by atoms with Crippen LogP contribution < -0.4 is 0 Å². The summed E-state index contributed by atoms with van der Waals surface area (Å²) in [4.78, 5) is -0.137. The van der Waals surface area contributed by atoms with Crippen LogP contribution in [0.15, 0.2) is 17.0 Å². The molecule has 0 spiro atoms. The summed E-state index contributed by atoms with van der Waals surface area (Å²) in [5.74, 6) is 0. The molecule has 0 saturated heterocycles. The van der Waals surface area contributed by atoms with Crippen LogP contribution in [0.3, 0.4) is 0 Å². The van der Waals surface area contributed by atoms with Gasteiger partial charge in [0.05, 0.1) is 11.1 Å². The molecule has 0 aliphatic carbocycles. The minimum Gasteiger partial charge on any atom is -0.166 e. The molecular weight excluding hydrogens is 266 g/mol. The third-order valence-electron chi connectivity index (χ3n) is 2.17. The molecule has 0 bridgehead atoms. The Hall–Kier alpha value is -0.850. The molecule has 17 heavy (non-hydrogen) atoms. The van der Waals surface area contributed by atoms with Gasteiger partial charge in [0.15, 0.2) is 0 Å². The van der Waals surface area contributed by atoms with Gasteiger partial charge in [0.2, 0.25) is 0 Å². The van der Waals surface area contributed by atoms with Crippen LogP contribution in [0.25, 0.3) is 0 Å². The Labute approximate surface area is 99.0 Å².